The Balaban J connectivity index is 1.49. The molecule has 0 heterocycles. The van der Waals surface area contributed by atoms with Crippen LogP contribution < -0.4 is 25.4 Å². The van der Waals surface area contributed by atoms with Crippen LogP contribution in [0.2, 0.25) is 5.02 Å². The fraction of sp³-hybridized carbons (Fsp3) is 0.147. The number of hydrogen-bond donors (Lipinski definition) is 3. The number of carbonyl (C=O) groups is 3. The average Bonchev–Trinajstić information content (AvgIpc) is 3.05. The van der Waals surface area contributed by atoms with Crippen molar-refractivity contribution in [1.29, 1.82) is 0 Å². The third kappa shape index (κ3) is 9.30. The van der Waals surface area contributed by atoms with Gasteiger partial charge in [-0.25, -0.2) is 0 Å². The van der Waals surface area contributed by atoms with Crippen LogP contribution in [0.5, 0.6) is 11.5 Å². The van der Waals surface area contributed by atoms with Gasteiger partial charge in [-0.1, -0.05) is 41.9 Å². The number of ether oxygens (including phenoxy) is 2. The van der Waals surface area contributed by atoms with Crippen LogP contribution in [-0.2, 0) is 15.8 Å². The molecule has 4 aromatic carbocycles. The highest BCUT2D eigenvalue weighted by molar-refractivity contribution is 8.00. The summed E-state index contributed by atoms with van der Waals surface area (Å²) in [4.78, 5) is 39.8. The lowest BCUT2D eigenvalue weighted by Gasteiger charge is -2.17. The lowest BCUT2D eigenvalue weighted by Crippen LogP contribution is -2.30. The molecule has 0 radical (unpaired) electrons. The van der Waals surface area contributed by atoms with Crippen LogP contribution in [0.15, 0.2) is 102 Å². The summed E-state index contributed by atoms with van der Waals surface area (Å²) in [6, 6.07) is 23.1. The Hall–Kier alpha value is -4.94. The van der Waals surface area contributed by atoms with E-state index in [9.17, 15) is 27.6 Å². The second-order valence-electron chi connectivity index (χ2n) is 9.88. The molecule has 0 fully saturated rings. The van der Waals surface area contributed by atoms with E-state index in [2.05, 4.69) is 16.0 Å². The van der Waals surface area contributed by atoms with Crippen molar-refractivity contribution in [1.82, 2.24) is 5.32 Å². The second kappa shape index (κ2) is 15.6. The quantitative estimate of drug-likeness (QED) is 0.110. The van der Waals surface area contributed by atoms with E-state index in [4.69, 9.17) is 21.1 Å². The molecule has 244 valence electrons. The summed E-state index contributed by atoms with van der Waals surface area (Å²) in [6.07, 6.45) is -3.24. The predicted molar refractivity (Wildman–Crippen MR) is 177 cm³/mol. The zero-order valence-corrected chi connectivity index (χ0v) is 26.8. The summed E-state index contributed by atoms with van der Waals surface area (Å²) >= 11 is 6.83. The summed E-state index contributed by atoms with van der Waals surface area (Å²) in [7, 11) is 2.94. The Labute approximate surface area is 278 Å². The van der Waals surface area contributed by atoms with Gasteiger partial charge >= 0.3 is 6.18 Å². The fourth-order valence-electron chi connectivity index (χ4n) is 4.29. The third-order valence-electron chi connectivity index (χ3n) is 6.60. The number of benzene rings is 4. The highest BCUT2D eigenvalue weighted by Gasteiger charge is 2.34. The Kier molecular flexibility index (Phi) is 11.6. The van der Waals surface area contributed by atoms with Crippen molar-refractivity contribution in [2.24, 2.45) is 0 Å². The van der Waals surface area contributed by atoms with Crippen LogP contribution >= 0.6 is 23.4 Å². The van der Waals surface area contributed by atoms with Gasteiger partial charge in [-0.05, 0) is 73.7 Å². The average molecular weight is 684 g/mol. The van der Waals surface area contributed by atoms with Gasteiger partial charge in [-0.2, -0.15) is 13.2 Å². The van der Waals surface area contributed by atoms with E-state index in [1.165, 1.54) is 26.4 Å². The molecule has 0 spiro atoms. The Morgan fingerprint density at radius 2 is 1.57 bits per heavy atom. The number of hydrogen-bond acceptors (Lipinski definition) is 6. The summed E-state index contributed by atoms with van der Waals surface area (Å²) in [6.45, 7) is 1.55. The number of para-hydroxylation sites is 1. The summed E-state index contributed by atoms with van der Waals surface area (Å²) in [5, 5.41) is 6.86. The van der Waals surface area contributed by atoms with Crippen molar-refractivity contribution < 1.29 is 37.0 Å². The van der Waals surface area contributed by atoms with Crippen molar-refractivity contribution in [3.8, 4) is 11.5 Å². The van der Waals surface area contributed by atoms with Gasteiger partial charge in [0.2, 0.25) is 5.91 Å². The molecule has 0 aromatic heterocycles. The zero-order valence-electron chi connectivity index (χ0n) is 25.3. The molecular weight excluding hydrogens is 655 g/mol. The van der Waals surface area contributed by atoms with Crippen LogP contribution in [0.3, 0.4) is 0 Å². The highest BCUT2D eigenvalue weighted by atomic mass is 35.5. The lowest BCUT2D eigenvalue weighted by atomic mass is 10.1. The predicted octanol–water partition coefficient (Wildman–Crippen LogP) is 7.90. The fourth-order valence-corrected chi connectivity index (χ4v) is 5.33. The van der Waals surface area contributed by atoms with E-state index in [0.717, 1.165) is 23.9 Å². The molecule has 13 heteroatoms. The minimum atomic E-state index is -4.70. The van der Waals surface area contributed by atoms with Crippen LogP contribution in [-0.4, -0.2) is 37.2 Å². The first-order valence-electron chi connectivity index (χ1n) is 13.9. The minimum Gasteiger partial charge on any atom is -0.493 e. The largest absolute Gasteiger partial charge is 0.493 e. The molecule has 8 nitrogen and oxygen atoms in total. The number of halogens is 4. The van der Waals surface area contributed by atoms with Crippen molar-refractivity contribution >= 4 is 58.5 Å². The third-order valence-corrected chi connectivity index (χ3v) is 7.95. The van der Waals surface area contributed by atoms with E-state index in [-0.39, 0.29) is 10.7 Å². The van der Waals surface area contributed by atoms with Gasteiger partial charge in [0.1, 0.15) is 5.70 Å². The van der Waals surface area contributed by atoms with Gasteiger partial charge in [0, 0.05) is 26.7 Å². The lowest BCUT2D eigenvalue weighted by molar-refractivity contribution is -0.137. The maximum atomic E-state index is 13.5. The van der Waals surface area contributed by atoms with Gasteiger partial charge in [0.15, 0.2) is 11.5 Å². The molecule has 4 rings (SSSR count). The Morgan fingerprint density at radius 1 is 0.872 bits per heavy atom. The van der Waals surface area contributed by atoms with E-state index in [0.29, 0.717) is 33.2 Å². The van der Waals surface area contributed by atoms with Gasteiger partial charge in [0.25, 0.3) is 11.8 Å². The van der Waals surface area contributed by atoms with E-state index < -0.39 is 40.4 Å². The normalized spacial score (nSPS) is 12.1. The Bertz CT molecular complexity index is 1780. The van der Waals surface area contributed by atoms with Crippen molar-refractivity contribution in [2.45, 2.75) is 23.2 Å². The molecule has 3 amide bonds. The zero-order chi connectivity index (χ0) is 34.1. The number of anilines is 2. The van der Waals surface area contributed by atoms with Gasteiger partial charge < -0.3 is 25.4 Å². The standard InChI is InChI=1S/C34H29ClF3N3O5S/c1-20(31(42)40-27-17-12-23(35)19-26(27)34(36,37)38)47-25-15-13-24(14-16-25)39-33(44)28(41-32(43)21-8-5-4-6-9-21)18-22-10-7-11-29(45-2)30(22)46-3/h4-20H,1-3H3,(H,39,44)(H,40,42)(H,41,43)/b28-18-. The molecule has 0 aliphatic rings. The van der Waals surface area contributed by atoms with E-state index >= 15 is 0 Å². The Morgan fingerprint density at radius 3 is 2.21 bits per heavy atom. The molecule has 0 saturated carbocycles. The summed E-state index contributed by atoms with van der Waals surface area (Å²) in [5.41, 5.74) is -0.320. The summed E-state index contributed by atoms with van der Waals surface area (Å²) in [5.74, 6) is -0.985. The maximum absolute atomic E-state index is 13.5. The van der Waals surface area contributed by atoms with Crippen LogP contribution in [0, 0.1) is 0 Å². The topological polar surface area (TPSA) is 106 Å². The van der Waals surface area contributed by atoms with Crippen LogP contribution in [0.25, 0.3) is 6.08 Å². The first-order valence-corrected chi connectivity index (χ1v) is 15.2. The molecule has 1 atom stereocenters. The van der Waals surface area contributed by atoms with Gasteiger partial charge in [-0.3, -0.25) is 14.4 Å². The maximum Gasteiger partial charge on any atom is 0.418 e. The first kappa shape index (κ1) is 34.9. The summed E-state index contributed by atoms with van der Waals surface area (Å²) < 4.78 is 51.1. The molecule has 0 aliphatic heterocycles. The van der Waals surface area contributed by atoms with Gasteiger partial charge in [-0.15, -0.1) is 11.8 Å². The number of alkyl halides is 3. The SMILES string of the molecule is COc1cccc(/C=C(\NC(=O)c2ccccc2)C(=O)Nc2ccc(SC(C)C(=O)Nc3ccc(Cl)cc3C(F)(F)F)cc2)c1OC. The molecule has 0 bridgehead atoms. The smallest absolute Gasteiger partial charge is 0.418 e. The number of rotatable bonds is 11. The molecule has 1 unspecified atom stereocenters. The van der Waals surface area contributed by atoms with Crippen molar-refractivity contribution in [3.05, 3.63) is 118 Å². The number of methoxy groups -OCH3 is 2. The molecule has 3 N–H and O–H groups in total. The van der Waals surface area contributed by atoms with Gasteiger partial charge in [0.05, 0.1) is 30.7 Å². The molecule has 0 saturated heterocycles. The molecule has 4 aromatic rings. The number of amides is 3. The minimum absolute atomic E-state index is 0.0745. The van der Waals surface area contributed by atoms with Crippen molar-refractivity contribution in [2.75, 3.05) is 24.9 Å². The number of carbonyl (C=O) groups excluding carboxylic acids is 3. The first-order chi connectivity index (χ1) is 22.4. The molecule has 47 heavy (non-hydrogen) atoms. The molecular formula is C34H29ClF3N3O5S. The number of nitrogens with one attached hydrogen (secondary N) is 3. The second-order valence-corrected chi connectivity index (χ2v) is 11.7. The highest BCUT2D eigenvalue weighted by Crippen LogP contribution is 2.37. The van der Waals surface area contributed by atoms with E-state index in [1.54, 1.807) is 79.7 Å². The van der Waals surface area contributed by atoms with Crippen LogP contribution in [0.4, 0.5) is 24.5 Å². The van der Waals surface area contributed by atoms with Crippen LogP contribution in [0.1, 0.15) is 28.4 Å². The van der Waals surface area contributed by atoms with Crippen molar-refractivity contribution in [3.63, 3.8) is 0 Å². The molecule has 0 aliphatic carbocycles. The monoisotopic (exact) mass is 683 g/mol. The van der Waals surface area contributed by atoms with E-state index in [1.807, 2.05) is 0 Å². The number of thioether (sulfide) groups is 1.